The summed E-state index contributed by atoms with van der Waals surface area (Å²) < 4.78 is 43.0. The van der Waals surface area contributed by atoms with Crippen LogP contribution in [0, 0.1) is 5.92 Å². The Labute approximate surface area is 135 Å². The second kappa shape index (κ2) is 8.60. The van der Waals surface area contributed by atoms with Gasteiger partial charge in [0.25, 0.3) is 0 Å². The van der Waals surface area contributed by atoms with Gasteiger partial charge in [0, 0.05) is 5.56 Å². The summed E-state index contributed by atoms with van der Waals surface area (Å²) >= 11 is 0. The minimum absolute atomic E-state index is 0. The first-order valence-corrected chi connectivity index (χ1v) is 6.85. The standard InChI is InChI=1S/C15H22F3NO2.ClH/c1-9(2)4-7-12(20)14(19)11-6-5-10(15(16,17)18)8-13(11)21-3;/h5-6,8-9,12,14,20H,4,7,19H2,1-3H3;1H/t12-,14+;/m0./s1. The average Bonchev–Trinajstić information content (AvgIpc) is 2.42. The second-order valence-corrected chi connectivity index (χ2v) is 5.52. The third kappa shape index (κ3) is 5.66. The van der Waals surface area contributed by atoms with Crippen molar-refractivity contribution in [1.29, 1.82) is 0 Å². The Balaban J connectivity index is 0.00000441. The molecule has 0 saturated heterocycles. The van der Waals surface area contributed by atoms with Gasteiger partial charge in [0.1, 0.15) is 5.75 Å². The summed E-state index contributed by atoms with van der Waals surface area (Å²) in [6, 6.07) is 2.35. The summed E-state index contributed by atoms with van der Waals surface area (Å²) in [7, 11) is 1.28. The lowest BCUT2D eigenvalue weighted by molar-refractivity contribution is -0.137. The van der Waals surface area contributed by atoms with Crippen LogP contribution in [0.25, 0.3) is 0 Å². The van der Waals surface area contributed by atoms with Crippen molar-refractivity contribution in [2.75, 3.05) is 7.11 Å². The molecule has 1 rings (SSSR count). The molecule has 3 nitrogen and oxygen atoms in total. The Bertz CT molecular complexity index is 467. The maximum Gasteiger partial charge on any atom is 0.416 e. The van der Waals surface area contributed by atoms with E-state index in [-0.39, 0.29) is 18.2 Å². The lowest BCUT2D eigenvalue weighted by Gasteiger charge is -2.22. The van der Waals surface area contributed by atoms with Crippen molar-refractivity contribution < 1.29 is 23.0 Å². The van der Waals surface area contributed by atoms with Crippen molar-refractivity contribution >= 4 is 12.4 Å². The summed E-state index contributed by atoms with van der Waals surface area (Å²) in [6.07, 6.45) is -3.98. The Morgan fingerprint density at radius 2 is 1.82 bits per heavy atom. The van der Waals surface area contributed by atoms with Crippen LogP contribution >= 0.6 is 12.4 Å². The first-order chi connectivity index (χ1) is 9.66. The first-order valence-electron chi connectivity index (χ1n) is 6.85. The SMILES string of the molecule is COc1cc(C(F)(F)F)ccc1[C@@H](N)[C@@H](O)CCC(C)C.Cl. The molecule has 0 bridgehead atoms. The van der Waals surface area contributed by atoms with Gasteiger partial charge in [-0.3, -0.25) is 0 Å². The number of hydrogen-bond acceptors (Lipinski definition) is 3. The van der Waals surface area contributed by atoms with E-state index >= 15 is 0 Å². The number of benzene rings is 1. The number of hydrogen-bond donors (Lipinski definition) is 2. The lowest BCUT2D eigenvalue weighted by Crippen LogP contribution is -2.27. The van der Waals surface area contributed by atoms with E-state index in [0.717, 1.165) is 18.6 Å². The fraction of sp³-hybridized carbons (Fsp3) is 0.600. The number of aliphatic hydroxyl groups excluding tert-OH is 1. The number of aliphatic hydroxyl groups is 1. The largest absolute Gasteiger partial charge is 0.496 e. The molecule has 3 N–H and O–H groups in total. The Hall–Kier alpha value is -0.980. The number of halogens is 4. The van der Waals surface area contributed by atoms with E-state index in [1.807, 2.05) is 13.8 Å². The van der Waals surface area contributed by atoms with E-state index in [4.69, 9.17) is 10.5 Å². The number of alkyl halides is 3. The van der Waals surface area contributed by atoms with E-state index < -0.39 is 23.9 Å². The number of ether oxygens (including phenoxy) is 1. The molecule has 2 atom stereocenters. The highest BCUT2D eigenvalue weighted by atomic mass is 35.5. The monoisotopic (exact) mass is 341 g/mol. The van der Waals surface area contributed by atoms with Gasteiger partial charge < -0.3 is 15.6 Å². The quantitative estimate of drug-likeness (QED) is 0.824. The molecule has 0 aliphatic carbocycles. The van der Waals surface area contributed by atoms with E-state index in [1.54, 1.807) is 0 Å². The van der Waals surface area contributed by atoms with Crippen LogP contribution in [0.3, 0.4) is 0 Å². The van der Waals surface area contributed by atoms with Crippen molar-refractivity contribution in [3.8, 4) is 5.75 Å². The van der Waals surface area contributed by atoms with Gasteiger partial charge in [0.2, 0.25) is 0 Å². The average molecular weight is 342 g/mol. The molecule has 0 aliphatic rings. The summed E-state index contributed by atoms with van der Waals surface area (Å²) in [4.78, 5) is 0. The molecule has 0 spiro atoms. The number of rotatable bonds is 6. The van der Waals surface area contributed by atoms with E-state index in [9.17, 15) is 18.3 Å². The zero-order chi connectivity index (χ0) is 16.2. The third-order valence-corrected chi connectivity index (χ3v) is 3.37. The fourth-order valence-corrected chi connectivity index (χ4v) is 2.05. The second-order valence-electron chi connectivity index (χ2n) is 5.52. The van der Waals surface area contributed by atoms with Gasteiger partial charge in [-0.25, -0.2) is 0 Å². The zero-order valence-electron chi connectivity index (χ0n) is 12.9. The maximum absolute atomic E-state index is 12.7. The van der Waals surface area contributed by atoms with Gasteiger partial charge in [-0.1, -0.05) is 19.9 Å². The van der Waals surface area contributed by atoms with Crippen LogP contribution in [-0.2, 0) is 6.18 Å². The fourth-order valence-electron chi connectivity index (χ4n) is 2.05. The third-order valence-electron chi connectivity index (χ3n) is 3.37. The summed E-state index contributed by atoms with van der Waals surface area (Å²) in [5.74, 6) is 0.460. The van der Waals surface area contributed by atoms with Crippen LogP contribution < -0.4 is 10.5 Å². The van der Waals surface area contributed by atoms with Crippen LogP contribution in [0.4, 0.5) is 13.2 Å². The summed E-state index contributed by atoms with van der Waals surface area (Å²) in [5, 5.41) is 10.1. The van der Waals surface area contributed by atoms with Crippen molar-refractivity contribution in [3.05, 3.63) is 29.3 Å². The Kier molecular flexibility index (Phi) is 8.22. The molecular formula is C15H23ClF3NO2. The molecular weight excluding hydrogens is 319 g/mol. The topological polar surface area (TPSA) is 55.5 Å². The van der Waals surface area contributed by atoms with Gasteiger partial charge >= 0.3 is 6.18 Å². The molecule has 0 unspecified atom stereocenters. The molecule has 128 valence electrons. The molecule has 0 saturated carbocycles. The van der Waals surface area contributed by atoms with Gasteiger partial charge in [0.05, 0.1) is 24.8 Å². The highest BCUT2D eigenvalue weighted by Crippen LogP contribution is 2.35. The van der Waals surface area contributed by atoms with E-state index in [2.05, 4.69) is 0 Å². The predicted octanol–water partition coefficient (Wildman–Crippen LogP) is 3.93. The minimum Gasteiger partial charge on any atom is -0.496 e. The van der Waals surface area contributed by atoms with E-state index in [0.29, 0.717) is 17.9 Å². The van der Waals surface area contributed by atoms with Gasteiger partial charge in [-0.05, 0) is 30.9 Å². The highest BCUT2D eigenvalue weighted by molar-refractivity contribution is 5.85. The Morgan fingerprint density at radius 1 is 1.23 bits per heavy atom. The van der Waals surface area contributed by atoms with Crippen LogP contribution in [0.15, 0.2) is 18.2 Å². The van der Waals surface area contributed by atoms with Crippen molar-refractivity contribution in [1.82, 2.24) is 0 Å². The van der Waals surface area contributed by atoms with Crippen molar-refractivity contribution in [3.63, 3.8) is 0 Å². The maximum atomic E-state index is 12.7. The molecule has 0 fully saturated rings. The summed E-state index contributed by atoms with van der Waals surface area (Å²) in [5.41, 5.74) is 5.53. The van der Waals surface area contributed by atoms with Crippen LogP contribution in [0.2, 0.25) is 0 Å². The van der Waals surface area contributed by atoms with Crippen LogP contribution in [0.1, 0.15) is 43.9 Å². The molecule has 1 aromatic carbocycles. The van der Waals surface area contributed by atoms with Crippen LogP contribution in [0.5, 0.6) is 5.75 Å². The Morgan fingerprint density at radius 3 is 2.27 bits per heavy atom. The van der Waals surface area contributed by atoms with Crippen molar-refractivity contribution in [2.45, 2.75) is 45.0 Å². The molecule has 0 amide bonds. The number of nitrogens with two attached hydrogens (primary N) is 1. The molecule has 0 radical (unpaired) electrons. The molecule has 1 aromatic rings. The van der Waals surface area contributed by atoms with Crippen LogP contribution in [-0.4, -0.2) is 18.3 Å². The van der Waals surface area contributed by atoms with Gasteiger partial charge in [-0.15, -0.1) is 12.4 Å². The lowest BCUT2D eigenvalue weighted by atomic mass is 9.94. The molecule has 0 heterocycles. The predicted molar refractivity (Wildman–Crippen MR) is 82.3 cm³/mol. The minimum atomic E-state index is -4.44. The van der Waals surface area contributed by atoms with Crippen molar-refractivity contribution in [2.24, 2.45) is 11.7 Å². The van der Waals surface area contributed by atoms with E-state index in [1.165, 1.54) is 13.2 Å². The number of methoxy groups -OCH3 is 1. The molecule has 0 aliphatic heterocycles. The highest BCUT2D eigenvalue weighted by Gasteiger charge is 2.32. The first kappa shape index (κ1) is 21.0. The molecule has 22 heavy (non-hydrogen) atoms. The zero-order valence-corrected chi connectivity index (χ0v) is 13.7. The van der Waals surface area contributed by atoms with Gasteiger partial charge in [0.15, 0.2) is 0 Å². The smallest absolute Gasteiger partial charge is 0.416 e. The van der Waals surface area contributed by atoms with Gasteiger partial charge in [-0.2, -0.15) is 13.2 Å². The molecule has 0 aromatic heterocycles. The normalized spacial score (nSPS) is 14.4. The molecule has 7 heteroatoms. The summed E-state index contributed by atoms with van der Waals surface area (Å²) in [6.45, 7) is 4.05.